The van der Waals surface area contributed by atoms with Crippen LogP contribution < -0.4 is 11.1 Å². The van der Waals surface area contributed by atoms with Crippen LogP contribution in [0.5, 0.6) is 0 Å². The Kier molecular flexibility index (Phi) is 5.91. The summed E-state index contributed by atoms with van der Waals surface area (Å²) in [6.07, 6.45) is 2.91. The van der Waals surface area contributed by atoms with Crippen LogP contribution in [0.25, 0.3) is 10.2 Å². The Morgan fingerprint density at radius 1 is 1.38 bits per heavy atom. The van der Waals surface area contributed by atoms with Crippen LogP contribution in [0.3, 0.4) is 0 Å². The van der Waals surface area contributed by atoms with E-state index in [2.05, 4.69) is 15.3 Å². The molecule has 0 aromatic carbocycles. The molecule has 1 atom stereocenters. The first-order valence-electron chi connectivity index (χ1n) is 7.34. The van der Waals surface area contributed by atoms with Crippen LogP contribution in [-0.4, -0.2) is 27.7 Å². The molecule has 0 fully saturated rings. The van der Waals surface area contributed by atoms with E-state index >= 15 is 0 Å². The van der Waals surface area contributed by atoms with Crippen molar-refractivity contribution in [2.24, 2.45) is 5.73 Å². The number of rotatable bonds is 7. The van der Waals surface area contributed by atoms with Gasteiger partial charge in [-0.1, -0.05) is 23.2 Å². The summed E-state index contributed by atoms with van der Waals surface area (Å²) in [6.45, 7) is 0.677. The number of hydrogen-bond acceptors (Lipinski definition) is 7. The number of thiophene rings is 1. The van der Waals surface area contributed by atoms with Crippen LogP contribution in [0.1, 0.15) is 16.3 Å². The van der Waals surface area contributed by atoms with Crippen molar-refractivity contribution in [3.63, 3.8) is 0 Å². The summed E-state index contributed by atoms with van der Waals surface area (Å²) in [5.74, 6) is 0. The third kappa shape index (κ3) is 3.99. The molecular weight excluding hydrogens is 387 g/mol. The molecule has 0 aliphatic rings. The lowest BCUT2D eigenvalue weighted by Crippen LogP contribution is -2.23. The smallest absolute Gasteiger partial charge is 0.131 e. The lowest BCUT2D eigenvalue weighted by Gasteiger charge is -2.07. The number of hydrogen-bond donors (Lipinski definition) is 3. The average molecular weight is 403 g/mol. The molecule has 4 N–H and O–H groups in total. The summed E-state index contributed by atoms with van der Waals surface area (Å²) in [5, 5.41) is 16.3. The SMILES string of the molecule is NC(CCO)Cc1sc2c(NCc3nccs3)cc(Cl)nc2c1Cl. The van der Waals surface area contributed by atoms with Gasteiger partial charge in [0.2, 0.25) is 0 Å². The van der Waals surface area contributed by atoms with Gasteiger partial charge in [-0.25, -0.2) is 9.97 Å². The van der Waals surface area contributed by atoms with Gasteiger partial charge in [0, 0.05) is 35.2 Å². The number of anilines is 1. The number of fused-ring (bicyclic) bond motifs is 1. The van der Waals surface area contributed by atoms with Gasteiger partial charge < -0.3 is 16.2 Å². The van der Waals surface area contributed by atoms with Crippen molar-refractivity contribution in [1.29, 1.82) is 0 Å². The maximum absolute atomic E-state index is 9.01. The molecule has 24 heavy (non-hydrogen) atoms. The van der Waals surface area contributed by atoms with Gasteiger partial charge >= 0.3 is 0 Å². The quantitative estimate of drug-likeness (QED) is 0.521. The van der Waals surface area contributed by atoms with E-state index in [1.165, 1.54) is 0 Å². The van der Waals surface area contributed by atoms with Gasteiger partial charge in [-0.3, -0.25) is 0 Å². The summed E-state index contributed by atoms with van der Waals surface area (Å²) in [6, 6.07) is 1.66. The van der Waals surface area contributed by atoms with Crippen LogP contribution in [0.15, 0.2) is 17.6 Å². The molecule has 0 aliphatic carbocycles. The molecule has 0 saturated carbocycles. The third-order valence-electron chi connectivity index (χ3n) is 3.48. The fourth-order valence-corrected chi connectivity index (χ4v) is 4.68. The highest BCUT2D eigenvalue weighted by molar-refractivity contribution is 7.20. The number of pyridine rings is 1. The molecule has 3 aromatic heterocycles. The van der Waals surface area contributed by atoms with Crippen molar-refractivity contribution in [1.82, 2.24) is 9.97 Å². The van der Waals surface area contributed by atoms with Crippen molar-refractivity contribution in [3.8, 4) is 0 Å². The molecule has 1 unspecified atom stereocenters. The average Bonchev–Trinajstić information content (AvgIpc) is 3.15. The number of nitrogens with zero attached hydrogens (tertiary/aromatic N) is 2. The van der Waals surface area contributed by atoms with Crippen molar-refractivity contribution < 1.29 is 5.11 Å². The summed E-state index contributed by atoms with van der Waals surface area (Å²) in [7, 11) is 0. The van der Waals surface area contributed by atoms with Gasteiger partial charge in [0.15, 0.2) is 0 Å². The van der Waals surface area contributed by atoms with Gasteiger partial charge in [-0.2, -0.15) is 0 Å². The van der Waals surface area contributed by atoms with Gasteiger partial charge in [0.1, 0.15) is 15.7 Å². The number of aliphatic hydroxyl groups is 1. The summed E-state index contributed by atoms with van der Waals surface area (Å²) in [5.41, 5.74) is 7.58. The zero-order chi connectivity index (χ0) is 17.1. The number of halogens is 2. The van der Waals surface area contributed by atoms with Crippen LogP contribution in [0, 0.1) is 0 Å². The number of nitrogens with one attached hydrogen (secondary N) is 1. The largest absolute Gasteiger partial charge is 0.396 e. The standard InChI is InChI=1S/C15H16Cl2N4OS2/c16-11-6-9(20-7-12-19-2-4-23-12)15-14(21-11)13(17)10(24-15)5-8(18)1-3-22/h2,4,6,8,22H,1,3,5,7,18H2,(H,20,21). The predicted molar refractivity (Wildman–Crippen MR) is 102 cm³/mol. The van der Waals surface area contributed by atoms with Crippen molar-refractivity contribution in [2.45, 2.75) is 25.4 Å². The highest BCUT2D eigenvalue weighted by atomic mass is 35.5. The topological polar surface area (TPSA) is 84.1 Å². The van der Waals surface area contributed by atoms with E-state index in [0.29, 0.717) is 35.1 Å². The van der Waals surface area contributed by atoms with Crippen LogP contribution in [-0.2, 0) is 13.0 Å². The fraction of sp³-hybridized carbons (Fsp3) is 0.333. The van der Waals surface area contributed by atoms with Crippen LogP contribution >= 0.6 is 45.9 Å². The predicted octanol–water partition coefficient (Wildman–Crippen LogP) is 3.92. The lowest BCUT2D eigenvalue weighted by molar-refractivity contribution is 0.275. The van der Waals surface area contributed by atoms with E-state index in [-0.39, 0.29) is 12.6 Å². The van der Waals surface area contributed by atoms with E-state index in [9.17, 15) is 0 Å². The summed E-state index contributed by atoms with van der Waals surface area (Å²) >= 11 is 15.8. The van der Waals surface area contributed by atoms with Gasteiger partial charge in [-0.05, 0) is 12.8 Å². The normalized spacial score (nSPS) is 12.7. The molecule has 128 valence electrons. The van der Waals surface area contributed by atoms with E-state index in [0.717, 1.165) is 20.3 Å². The molecule has 0 saturated heterocycles. The van der Waals surface area contributed by atoms with E-state index in [4.69, 9.17) is 34.0 Å². The van der Waals surface area contributed by atoms with Gasteiger partial charge in [-0.15, -0.1) is 22.7 Å². The van der Waals surface area contributed by atoms with Crippen molar-refractivity contribution in [2.75, 3.05) is 11.9 Å². The first kappa shape index (κ1) is 17.8. The van der Waals surface area contributed by atoms with E-state index in [1.807, 2.05) is 5.38 Å². The molecule has 0 bridgehead atoms. The third-order valence-corrected chi connectivity index (χ3v) is 6.21. The molecule has 9 heteroatoms. The molecule has 0 spiro atoms. The minimum atomic E-state index is -0.136. The molecule has 0 radical (unpaired) electrons. The van der Waals surface area contributed by atoms with Crippen LogP contribution in [0.2, 0.25) is 10.2 Å². The number of aromatic nitrogens is 2. The Morgan fingerprint density at radius 2 is 2.21 bits per heavy atom. The fourth-order valence-electron chi connectivity index (χ4n) is 2.33. The van der Waals surface area contributed by atoms with Gasteiger partial charge in [0.05, 0.1) is 22.0 Å². The van der Waals surface area contributed by atoms with Crippen molar-refractivity contribution >= 4 is 61.8 Å². The minimum Gasteiger partial charge on any atom is -0.396 e. The molecule has 0 amide bonds. The maximum Gasteiger partial charge on any atom is 0.131 e. The van der Waals surface area contributed by atoms with E-state index < -0.39 is 0 Å². The highest BCUT2D eigenvalue weighted by Gasteiger charge is 2.18. The first-order valence-corrected chi connectivity index (χ1v) is 9.79. The monoisotopic (exact) mass is 402 g/mol. The Bertz CT molecular complexity index is 823. The van der Waals surface area contributed by atoms with Crippen molar-refractivity contribution in [3.05, 3.63) is 37.7 Å². The molecule has 3 rings (SSSR count). The lowest BCUT2D eigenvalue weighted by atomic mass is 10.1. The maximum atomic E-state index is 9.01. The second kappa shape index (κ2) is 7.95. The first-order chi connectivity index (χ1) is 11.6. The molecule has 5 nitrogen and oxygen atoms in total. The molecule has 3 aromatic rings. The Morgan fingerprint density at radius 3 is 2.92 bits per heavy atom. The molecular formula is C15H16Cl2N4OS2. The second-order valence-corrected chi connectivity index (χ2v) is 8.11. The Labute approximate surface area is 157 Å². The van der Waals surface area contributed by atoms with E-state index in [1.54, 1.807) is 34.9 Å². The van der Waals surface area contributed by atoms with Crippen LogP contribution in [0.4, 0.5) is 5.69 Å². The molecule has 3 heterocycles. The zero-order valence-corrected chi connectivity index (χ0v) is 15.8. The Hall–Kier alpha value is -0.960. The zero-order valence-electron chi connectivity index (χ0n) is 12.6. The van der Waals surface area contributed by atoms with Gasteiger partial charge in [0.25, 0.3) is 0 Å². The summed E-state index contributed by atoms with van der Waals surface area (Å²) < 4.78 is 0.951. The molecule has 0 aliphatic heterocycles. The number of aliphatic hydroxyl groups excluding tert-OH is 1. The second-order valence-electron chi connectivity index (χ2n) is 5.27. The number of nitrogens with two attached hydrogens (primary N) is 1. The Balaban J connectivity index is 1.91. The number of thiazole rings is 1. The highest BCUT2D eigenvalue weighted by Crippen LogP contribution is 2.40. The minimum absolute atomic E-state index is 0.0639. The summed E-state index contributed by atoms with van der Waals surface area (Å²) in [4.78, 5) is 9.57.